The number of nitrogens with zero attached hydrogens (tertiary/aromatic N) is 4. The Morgan fingerprint density at radius 2 is 2.00 bits per heavy atom. The standard InChI is InChI=1S/C24H24N4O2/c1-6-18-11-13(2)19(15(4)27-18)22-21(16-7-9-17(10-8-16)24(29)30)20-14(3)25-12-26-23(20)28(22)5/h1,7,11-12,17H,8-10H2,2-5H3,(H,29,30). The molecule has 0 aliphatic heterocycles. The molecule has 0 aromatic carbocycles. The molecule has 30 heavy (non-hydrogen) atoms. The van der Waals surface area contributed by atoms with Gasteiger partial charge in [0.05, 0.1) is 17.3 Å². The molecule has 6 nitrogen and oxygen atoms in total. The lowest BCUT2D eigenvalue weighted by Gasteiger charge is -2.21. The van der Waals surface area contributed by atoms with Crippen molar-refractivity contribution < 1.29 is 9.90 Å². The highest BCUT2D eigenvalue weighted by Gasteiger charge is 2.28. The predicted octanol–water partition coefficient (Wildman–Crippen LogP) is 4.20. The van der Waals surface area contributed by atoms with Crippen LogP contribution in [0.1, 0.15) is 47.5 Å². The summed E-state index contributed by atoms with van der Waals surface area (Å²) >= 11 is 0. The number of hydrogen-bond donors (Lipinski definition) is 1. The van der Waals surface area contributed by atoms with E-state index in [4.69, 9.17) is 6.42 Å². The van der Waals surface area contributed by atoms with E-state index in [1.807, 2.05) is 33.9 Å². The molecule has 3 heterocycles. The highest BCUT2D eigenvalue weighted by molar-refractivity contribution is 6.01. The van der Waals surface area contributed by atoms with Crippen molar-refractivity contribution in [3.63, 3.8) is 0 Å². The van der Waals surface area contributed by atoms with E-state index in [-0.39, 0.29) is 5.92 Å². The summed E-state index contributed by atoms with van der Waals surface area (Å²) in [5, 5.41) is 10.4. The number of carbonyl (C=O) groups is 1. The zero-order valence-electron chi connectivity index (χ0n) is 17.7. The first kappa shape index (κ1) is 19.8. The molecule has 0 radical (unpaired) electrons. The van der Waals surface area contributed by atoms with Gasteiger partial charge in [-0.25, -0.2) is 15.0 Å². The first-order valence-corrected chi connectivity index (χ1v) is 10.0. The molecule has 1 unspecified atom stereocenters. The Balaban J connectivity index is 2.04. The minimum absolute atomic E-state index is 0.329. The molecule has 0 bridgehead atoms. The summed E-state index contributed by atoms with van der Waals surface area (Å²) < 4.78 is 2.09. The fraction of sp³-hybridized carbons (Fsp3) is 0.333. The molecular formula is C24H24N4O2. The predicted molar refractivity (Wildman–Crippen MR) is 117 cm³/mol. The maximum Gasteiger partial charge on any atom is 0.306 e. The second kappa shape index (κ2) is 7.42. The molecule has 3 aromatic heterocycles. The number of carboxylic acids is 1. The molecule has 1 aliphatic rings. The van der Waals surface area contributed by atoms with Crippen molar-refractivity contribution in [1.29, 1.82) is 0 Å². The number of fused-ring (bicyclic) bond motifs is 1. The van der Waals surface area contributed by atoms with E-state index in [9.17, 15) is 9.90 Å². The van der Waals surface area contributed by atoms with Crippen LogP contribution in [0, 0.1) is 39.0 Å². The van der Waals surface area contributed by atoms with E-state index in [0.717, 1.165) is 50.4 Å². The van der Waals surface area contributed by atoms with Gasteiger partial charge in [-0.15, -0.1) is 6.42 Å². The van der Waals surface area contributed by atoms with Gasteiger partial charge >= 0.3 is 5.97 Å². The van der Waals surface area contributed by atoms with Gasteiger partial charge in [0, 0.05) is 29.3 Å². The highest BCUT2D eigenvalue weighted by Crippen LogP contribution is 2.43. The summed E-state index contributed by atoms with van der Waals surface area (Å²) in [7, 11) is 2.00. The van der Waals surface area contributed by atoms with Gasteiger partial charge in [0.2, 0.25) is 0 Å². The number of aliphatic carboxylic acids is 1. The molecule has 1 N–H and O–H groups in total. The third kappa shape index (κ3) is 3.07. The van der Waals surface area contributed by atoms with Crippen LogP contribution in [-0.2, 0) is 11.8 Å². The average molecular weight is 400 g/mol. The lowest BCUT2D eigenvalue weighted by atomic mass is 9.84. The van der Waals surface area contributed by atoms with Crippen molar-refractivity contribution in [1.82, 2.24) is 19.5 Å². The number of hydrogen-bond acceptors (Lipinski definition) is 4. The van der Waals surface area contributed by atoms with E-state index in [0.29, 0.717) is 25.0 Å². The number of aromatic nitrogens is 4. The summed E-state index contributed by atoms with van der Waals surface area (Å²) in [5.41, 5.74) is 8.57. The van der Waals surface area contributed by atoms with E-state index in [2.05, 4.69) is 31.5 Å². The van der Waals surface area contributed by atoms with Crippen molar-refractivity contribution in [2.75, 3.05) is 0 Å². The Morgan fingerprint density at radius 3 is 2.60 bits per heavy atom. The largest absolute Gasteiger partial charge is 0.481 e. The van der Waals surface area contributed by atoms with Crippen LogP contribution in [0.4, 0.5) is 0 Å². The second-order valence-electron chi connectivity index (χ2n) is 7.91. The van der Waals surface area contributed by atoms with Gasteiger partial charge in [-0.3, -0.25) is 4.79 Å². The molecule has 3 aromatic rings. The Hall–Kier alpha value is -3.46. The third-order valence-electron chi connectivity index (χ3n) is 6.02. The molecule has 1 atom stereocenters. The third-order valence-corrected chi connectivity index (χ3v) is 6.02. The molecule has 0 amide bonds. The molecule has 0 spiro atoms. The van der Waals surface area contributed by atoms with Gasteiger partial charge in [-0.05, 0) is 57.2 Å². The summed E-state index contributed by atoms with van der Waals surface area (Å²) in [6.07, 6.45) is 11.1. The van der Waals surface area contributed by atoms with Crippen molar-refractivity contribution in [3.8, 4) is 23.6 Å². The summed E-state index contributed by atoms with van der Waals surface area (Å²) in [4.78, 5) is 25.0. The molecule has 152 valence electrons. The smallest absolute Gasteiger partial charge is 0.306 e. The molecule has 0 fully saturated rings. The van der Waals surface area contributed by atoms with Crippen molar-refractivity contribution in [2.24, 2.45) is 13.0 Å². The number of aryl methyl sites for hydroxylation is 4. The van der Waals surface area contributed by atoms with E-state index in [1.54, 1.807) is 6.33 Å². The fourth-order valence-corrected chi connectivity index (χ4v) is 4.55. The lowest BCUT2D eigenvalue weighted by molar-refractivity contribution is -0.141. The molecule has 4 rings (SSSR count). The number of pyridine rings is 1. The molecule has 0 saturated heterocycles. The lowest BCUT2D eigenvalue weighted by Crippen LogP contribution is -2.16. The molecule has 0 saturated carbocycles. The van der Waals surface area contributed by atoms with Crippen LogP contribution >= 0.6 is 0 Å². The van der Waals surface area contributed by atoms with Crippen LogP contribution in [0.25, 0.3) is 27.9 Å². The minimum Gasteiger partial charge on any atom is -0.481 e. The van der Waals surface area contributed by atoms with Crippen molar-refractivity contribution in [2.45, 2.75) is 40.0 Å². The van der Waals surface area contributed by atoms with Crippen LogP contribution in [0.5, 0.6) is 0 Å². The van der Waals surface area contributed by atoms with Gasteiger partial charge in [0.15, 0.2) is 0 Å². The first-order valence-electron chi connectivity index (χ1n) is 10.0. The molecular weight excluding hydrogens is 376 g/mol. The van der Waals surface area contributed by atoms with Crippen LogP contribution in [0.2, 0.25) is 0 Å². The van der Waals surface area contributed by atoms with Crippen LogP contribution in [-0.4, -0.2) is 30.6 Å². The minimum atomic E-state index is -0.733. The maximum absolute atomic E-state index is 11.4. The normalized spacial score (nSPS) is 16.4. The number of carboxylic acid groups (broad SMARTS) is 1. The van der Waals surface area contributed by atoms with E-state index in [1.165, 1.54) is 0 Å². The quantitative estimate of drug-likeness (QED) is 0.666. The number of rotatable bonds is 3. The second-order valence-corrected chi connectivity index (χ2v) is 7.91. The maximum atomic E-state index is 11.4. The number of terminal acetylenes is 1. The van der Waals surface area contributed by atoms with Crippen molar-refractivity contribution >= 4 is 22.6 Å². The average Bonchev–Trinajstić information content (AvgIpc) is 3.01. The zero-order valence-corrected chi connectivity index (χ0v) is 17.7. The zero-order chi connectivity index (χ0) is 21.6. The fourth-order valence-electron chi connectivity index (χ4n) is 4.55. The Morgan fingerprint density at radius 1 is 1.23 bits per heavy atom. The van der Waals surface area contributed by atoms with Gasteiger partial charge in [0.25, 0.3) is 0 Å². The Kier molecular flexibility index (Phi) is 4.90. The molecule has 6 heteroatoms. The van der Waals surface area contributed by atoms with Gasteiger partial charge in [-0.2, -0.15) is 0 Å². The Bertz CT molecular complexity index is 1240. The first-order chi connectivity index (χ1) is 14.3. The summed E-state index contributed by atoms with van der Waals surface area (Å²) in [5.74, 6) is 1.56. The SMILES string of the molecule is C#Cc1cc(C)c(-c2c(C3=CCC(C(=O)O)CC3)c3c(C)ncnc3n2C)c(C)n1. The number of allylic oxidation sites excluding steroid dienone is 2. The highest BCUT2D eigenvalue weighted by atomic mass is 16.4. The summed E-state index contributed by atoms with van der Waals surface area (Å²) in [6, 6.07) is 1.93. The van der Waals surface area contributed by atoms with E-state index >= 15 is 0 Å². The Labute approximate surface area is 175 Å². The van der Waals surface area contributed by atoms with Crippen LogP contribution in [0.3, 0.4) is 0 Å². The summed E-state index contributed by atoms with van der Waals surface area (Å²) in [6.45, 7) is 6.00. The van der Waals surface area contributed by atoms with Crippen molar-refractivity contribution in [3.05, 3.63) is 46.7 Å². The molecule has 1 aliphatic carbocycles. The van der Waals surface area contributed by atoms with E-state index < -0.39 is 5.97 Å². The topological polar surface area (TPSA) is 80.9 Å². The van der Waals surface area contributed by atoms with Crippen LogP contribution < -0.4 is 0 Å². The van der Waals surface area contributed by atoms with Gasteiger partial charge in [0.1, 0.15) is 17.7 Å². The van der Waals surface area contributed by atoms with Gasteiger partial charge in [-0.1, -0.05) is 12.0 Å². The van der Waals surface area contributed by atoms with Crippen LogP contribution in [0.15, 0.2) is 18.5 Å². The van der Waals surface area contributed by atoms with Gasteiger partial charge < -0.3 is 9.67 Å². The monoisotopic (exact) mass is 400 g/mol.